The van der Waals surface area contributed by atoms with E-state index in [0.29, 0.717) is 12.0 Å². The molecule has 2 nitrogen and oxygen atoms in total. The van der Waals surface area contributed by atoms with Crippen molar-refractivity contribution in [2.45, 2.75) is 57.1 Å². The largest absolute Gasteiger partial charge is 0.389 e. The van der Waals surface area contributed by atoms with Gasteiger partial charge in [-0.25, -0.2) is 0 Å². The Morgan fingerprint density at radius 1 is 1.44 bits per heavy atom. The van der Waals surface area contributed by atoms with Crippen molar-refractivity contribution in [3.63, 3.8) is 0 Å². The first kappa shape index (κ1) is 12.6. The molecule has 3 unspecified atom stereocenters. The zero-order valence-electron chi connectivity index (χ0n) is 11.1. The van der Waals surface area contributed by atoms with E-state index in [4.69, 9.17) is 0 Å². The SMILES string of the molecule is Cc1ccsc1CC1NCCC2(O)CCCCC12. The predicted molar refractivity (Wildman–Crippen MR) is 76.1 cm³/mol. The van der Waals surface area contributed by atoms with Crippen molar-refractivity contribution in [1.82, 2.24) is 5.32 Å². The lowest BCUT2D eigenvalue weighted by Crippen LogP contribution is -2.58. The van der Waals surface area contributed by atoms with Gasteiger partial charge in [0.2, 0.25) is 0 Å². The van der Waals surface area contributed by atoms with Crippen molar-refractivity contribution < 1.29 is 5.11 Å². The van der Waals surface area contributed by atoms with Gasteiger partial charge >= 0.3 is 0 Å². The molecule has 3 heteroatoms. The molecule has 1 saturated heterocycles. The highest BCUT2D eigenvalue weighted by Gasteiger charge is 2.45. The van der Waals surface area contributed by atoms with E-state index in [1.54, 1.807) is 0 Å². The summed E-state index contributed by atoms with van der Waals surface area (Å²) in [6.07, 6.45) is 6.73. The maximum atomic E-state index is 10.8. The summed E-state index contributed by atoms with van der Waals surface area (Å²) in [7, 11) is 0. The van der Waals surface area contributed by atoms with Crippen molar-refractivity contribution in [2.75, 3.05) is 6.54 Å². The fourth-order valence-corrected chi connectivity index (χ4v) is 4.75. The number of aliphatic hydroxyl groups is 1. The minimum absolute atomic E-state index is 0.376. The number of hydrogen-bond acceptors (Lipinski definition) is 3. The summed E-state index contributed by atoms with van der Waals surface area (Å²) in [6, 6.07) is 2.68. The maximum absolute atomic E-state index is 10.8. The lowest BCUT2D eigenvalue weighted by Gasteiger charge is -2.48. The third-order valence-corrected chi connectivity index (χ3v) is 5.93. The van der Waals surface area contributed by atoms with Gasteiger partial charge in [-0.1, -0.05) is 12.8 Å². The van der Waals surface area contributed by atoms with E-state index in [0.717, 1.165) is 25.8 Å². The number of hydrogen-bond donors (Lipinski definition) is 2. The summed E-state index contributed by atoms with van der Waals surface area (Å²) < 4.78 is 0. The van der Waals surface area contributed by atoms with E-state index in [1.807, 2.05) is 11.3 Å². The second-order valence-electron chi connectivity index (χ2n) is 6.00. The molecule has 0 spiro atoms. The molecule has 3 atom stereocenters. The molecular formula is C15H23NOS. The fraction of sp³-hybridized carbons (Fsp3) is 0.733. The summed E-state index contributed by atoms with van der Waals surface area (Å²) in [5.74, 6) is 0.460. The molecule has 0 bridgehead atoms. The average molecular weight is 265 g/mol. The van der Waals surface area contributed by atoms with Crippen LogP contribution in [0.25, 0.3) is 0 Å². The molecule has 1 saturated carbocycles. The molecule has 1 aromatic rings. The topological polar surface area (TPSA) is 32.3 Å². The first-order valence-electron chi connectivity index (χ1n) is 7.18. The highest BCUT2D eigenvalue weighted by Crippen LogP contribution is 2.41. The third-order valence-electron chi connectivity index (χ3n) is 4.89. The minimum Gasteiger partial charge on any atom is -0.389 e. The Balaban J connectivity index is 1.77. The second-order valence-corrected chi connectivity index (χ2v) is 7.00. The molecular weight excluding hydrogens is 242 g/mol. The van der Waals surface area contributed by atoms with Crippen LogP contribution < -0.4 is 5.32 Å². The number of thiophene rings is 1. The molecule has 0 radical (unpaired) electrons. The molecule has 2 N–H and O–H groups in total. The van der Waals surface area contributed by atoms with Crippen LogP contribution in [0.1, 0.15) is 42.5 Å². The van der Waals surface area contributed by atoms with Gasteiger partial charge in [0, 0.05) is 16.8 Å². The first-order chi connectivity index (χ1) is 8.69. The lowest BCUT2D eigenvalue weighted by atomic mass is 9.67. The number of rotatable bonds is 2. The zero-order valence-corrected chi connectivity index (χ0v) is 11.9. The van der Waals surface area contributed by atoms with Gasteiger partial charge in [0.05, 0.1) is 5.60 Å². The molecule has 100 valence electrons. The Labute approximate surface area is 113 Å². The van der Waals surface area contributed by atoms with Crippen LogP contribution in [0, 0.1) is 12.8 Å². The van der Waals surface area contributed by atoms with Crippen molar-refractivity contribution in [1.29, 1.82) is 0 Å². The van der Waals surface area contributed by atoms with Crippen LogP contribution in [0.2, 0.25) is 0 Å². The molecule has 3 rings (SSSR count). The van der Waals surface area contributed by atoms with Crippen LogP contribution in [0.4, 0.5) is 0 Å². The smallest absolute Gasteiger partial charge is 0.0702 e. The Hall–Kier alpha value is -0.380. The van der Waals surface area contributed by atoms with E-state index in [9.17, 15) is 5.11 Å². The summed E-state index contributed by atoms with van der Waals surface area (Å²) in [6.45, 7) is 3.17. The van der Waals surface area contributed by atoms with Gasteiger partial charge in [-0.05, 0) is 56.2 Å². The van der Waals surface area contributed by atoms with Crippen LogP contribution in [0.15, 0.2) is 11.4 Å². The van der Waals surface area contributed by atoms with Gasteiger partial charge in [0.25, 0.3) is 0 Å². The van der Waals surface area contributed by atoms with E-state index < -0.39 is 0 Å². The first-order valence-corrected chi connectivity index (χ1v) is 8.06. The molecule has 0 amide bonds. The maximum Gasteiger partial charge on any atom is 0.0702 e. The van der Waals surface area contributed by atoms with Crippen molar-refractivity contribution in [2.24, 2.45) is 5.92 Å². The molecule has 1 aromatic heterocycles. The molecule has 2 aliphatic rings. The normalized spacial score (nSPS) is 36.3. The van der Waals surface area contributed by atoms with Crippen molar-refractivity contribution in [3.05, 3.63) is 21.9 Å². The minimum atomic E-state index is -0.376. The zero-order chi connectivity index (χ0) is 12.6. The molecule has 2 heterocycles. The number of fused-ring (bicyclic) bond motifs is 1. The third kappa shape index (κ3) is 2.24. The van der Waals surface area contributed by atoms with E-state index in [1.165, 1.54) is 29.7 Å². The molecule has 1 aliphatic heterocycles. The Morgan fingerprint density at radius 3 is 3.11 bits per heavy atom. The number of piperidine rings is 1. The van der Waals surface area contributed by atoms with E-state index in [-0.39, 0.29) is 5.60 Å². The standard InChI is InChI=1S/C15H23NOS/c1-11-5-9-18-14(11)10-13-12-4-2-3-6-15(12,17)7-8-16-13/h5,9,12-13,16-17H,2-4,6-8,10H2,1H3. The van der Waals surface area contributed by atoms with Crippen LogP contribution >= 0.6 is 11.3 Å². The highest BCUT2D eigenvalue weighted by atomic mass is 32.1. The van der Waals surface area contributed by atoms with Gasteiger partial charge in [-0.3, -0.25) is 0 Å². The van der Waals surface area contributed by atoms with Crippen molar-refractivity contribution >= 4 is 11.3 Å². The van der Waals surface area contributed by atoms with Crippen LogP contribution in [0.5, 0.6) is 0 Å². The lowest BCUT2D eigenvalue weighted by molar-refractivity contribution is -0.0849. The van der Waals surface area contributed by atoms with Crippen LogP contribution in [-0.4, -0.2) is 23.3 Å². The van der Waals surface area contributed by atoms with Gasteiger partial charge < -0.3 is 10.4 Å². The molecule has 18 heavy (non-hydrogen) atoms. The number of aryl methyl sites for hydroxylation is 1. The van der Waals surface area contributed by atoms with Gasteiger partial charge in [-0.2, -0.15) is 0 Å². The van der Waals surface area contributed by atoms with Gasteiger partial charge in [0.1, 0.15) is 0 Å². The Bertz CT molecular complexity index is 412. The Morgan fingerprint density at radius 2 is 2.33 bits per heavy atom. The predicted octanol–water partition coefficient (Wildman–Crippen LogP) is 2.88. The quantitative estimate of drug-likeness (QED) is 0.862. The molecule has 0 aromatic carbocycles. The molecule has 2 fully saturated rings. The average Bonchev–Trinajstić information content (AvgIpc) is 2.75. The highest BCUT2D eigenvalue weighted by molar-refractivity contribution is 7.10. The second kappa shape index (κ2) is 4.95. The summed E-state index contributed by atoms with van der Waals surface area (Å²) >= 11 is 1.86. The fourth-order valence-electron chi connectivity index (χ4n) is 3.78. The summed E-state index contributed by atoms with van der Waals surface area (Å²) in [5, 5.41) is 16.7. The van der Waals surface area contributed by atoms with E-state index in [2.05, 4.69) is 23.7 Å². The number of nitrogens with one attached hydrogen (secondary N) is 1. The van der Waals surface area contributed by atoms with Crippen molar-refractivity contribution in [3.8, 4) is 0 Å². The molecule has 1 aliphatic carbocycles. The Kier molecular flexibility index (Phi) is 3.48. The van der Waals surface area contributed by atoms with Crippen LogP contribution in [0.3, 0.4) is 0 Å². The van der Waals surface area contributed by atoms with Gasteiger partial charge in [0.15, 0.2) is 0 Å². The summed E-state index contributed by atoms with van der Waals surface area (Å²) in [5.41, 5.74) is 1.03. The van der Waals surface area contributed by atoms with E-state index >= 15 is 0 Å². The van der Waals surface area contributed by atoms with Crippen LogP contribution in [-0.2, 0) is 6.42 Å². The summed E-state index contributed by atoms with van der Waals surface area (Å²) in [4.78, 5) is 1.49. The monoisotopic (exact) mass is 265 g/mol. The van der Waals surface area contributed by atoms with Gasteiger partial charge in [-0.15, -0.1) is 11.3 Å².